The molecular weight excluding hydrogens is 208 g/mol. The molecule has 0 aliphatic heterocycles. The van der Waals surface area contributed by atoms with Crippen LogP contribution in [0.25, 0.3) is 0 Å². The second-order valence-electron chi connectivity index (χ2n) is 3.20. The highest BCUT2D eigenvalue weighted by Gasteiger charge is 2.06. The van der Waals surface area contributed by atoms with Gasteiger partial charge in [0.1, 0.15) is 0 Å². The van der Waals surface area contributed by atoms with Crippen molar-refractivity contribution in [3.8, 4) is 0 Å². The van der Waals surface area contributed by atoms with Gasteiger partial charge in [-0.25, -0.2) is 4.79 Å². The minimum atomic E-state index is -0.395. The molecule has 0 saturated carbocycles. The molecule has 2 N–H and O–H groups in total. The largest absolute Gasteiger partial charge is 0.463 e. The molecule has 0 unspecified atom stereocenters. The molecule has 0 aromatic rings. The SMILES string of the molecule is C=C(CNCCC(=O)NCC)C(=O)OCC. The zero-order chi connectivity index (χ0) is 12.4. The summed E-state index contributed by atoms with van der Waals surface area (Å²) >= 11 is 0. The second-order valence-corrected chi connectivity index (χ2v) is 3.20. The number of esters is 1. The molecule has 0 aliphatic carbocycles. The summed E-state index contributed by atoms with van der Waals surface area (Å²) in [5, 5.41) is 5.64. The lowest BCUT2D eigenvalue weighted by molar-refractivity contribution is -0.138. The van der Waals surface area contributed by atoms with Crippen LogP contribution < -0.4 is 10.6 Å². The molecule has 0 bridgehead atoms. The van der Waals surface area contributed by atoms with Crippen molar-refractivity contribution in [2.75, 3.05) is 26.2 Å². The first-order valence-corrected chi connectivity index (χ1v) is 5.44. The Morgan fingerprint density at radius 3 is 2.56 bits per heavy atom. The van der Waals surface area contributed by atoms with Crippen molar-refractivity contribution in [3.63, 3.8) is 0 Å². The maximum Gasteiger partial charge on any atom is 0.334 e. The molecule has 0 aromatic heterocycles. The van der Waals surface area contributed by atoms with Gasteiger partial charge >= 0.3 is 5.97 Å². The van der Waals surface area contributed by atoms with E-state index in [4.69, 9.17) is 4.74 Å². The van der Waals surface area contributed by atoms with Crippen LogP contribution in [0.15, 0.2) is 12.2 Å². The standard InChI is InChI=1S/C11H20N2O3/c1-4-13-10(14)6-7-12-8-9(3)11(15)16-5-2/h12H,3-8H2,1-2H3,(H,13,14). The van der Waals surface area contributed by atoms with E-state index in [-0.39, 0.29) is 5.91 Å². The first-order valence-electron chi connectivity index (χ1n) is 5.44. The number of hydrogen-bond donors (Lipinski definition) is 2. The van der Waals surface area contributed by atoms with Gasteiger partial charge in [0.2, 0.25) is 5.91 Å². The highest BCUT2D eigenvalue weighted by atomic mass is 16.5. The van der Waals surface area contributed by atoms with Crippen molar-refractivity contribution in [1.29, 1.82) is 0 Å². The second kappa shape index (κ2) is 8.91. The number of rotatable bonds is 8. The third-order valence-corrected chi connectivity index (χ3v) is 1.81. The molecule has 0 saturated heterocycles. The predicted octanol–water partition coefficient (Wildman–Crippen LogP) is 0.222. The van der Waals surface area contributed by atoms with Gasteiger partial charge in [-0.15, -0.1) is 0 Å². The number of amides is 1. The molecule has 16 heavy (non-hydrogen) atoms. The summed E-state index contributed by atoms with van der Waals surface area (Å²) in [4.78, 5) is 22.2. The molecule has 0 rings (SSSR count). The molecule has 0 fully saturated rings. The summed E-state index contributed by atoms with van der Waals surface area (Å²) in [6.07, 6.45) is 0.393. The Hall–Kier alpha value is -1.36. The summed E-state index contributed by atoms with van der Waals surface area (Å²) in [5.41, 5.74) is 0.373. The predicted molar refractivity (Wildman–Crippen MR) is 61.9 cm³/mol. The Kier molecular flexibility index (Phi) is 8.15. The van der Waals surface area contributed by atoms with Crippen molar-refractivity contribution in [2.24, 2.45) is 0 Å². The van der Waals surface area contributed by atoms with E-state index in [0.29, 0.717) is 38.2 Å². The smallest absolute Gasteiger partial charge is 0.334 e. The average molecular weight is 228 g/mol. The Balaban J connectivity index is 3.55. The lowest BCUT2D eigenvalue weighted by atomic mass is 10.3. The van der Waals surface area contributed by atoms with Gasteiger partial charge in [-0.2, -0.15) is 0 Å². The van der Waals surface area contributed by atoms with Crippen molar-refractivity contribution < 1.29 is 14.3 Å². The molecule has 0 spiro atoms. The highest BCUT2D eigenvalue weighted by molar-refractivity contribution is 5.88. The van der Waals surface area contributed by atoms with Gasteiger partial charge in [0.25, 0.3) is 0 Å². The Morgan fingerprint density at radius 1 is 1.31 bits per heavy atom. The summed E-state index contributed by atoms with van der Waals surface area (Å²) in [6, 6.07) is 0. The van der Waals surface area contributed by atoms with Gasteiger partial charge < -0.3 is 15.4 Å². The van der Waals surface area contributed by atoms with Crippen molar-refractivity contribution in [2.45, 2.75) is 20.3 Å². The van der Waals surface area contributed by atoms with Gasteiger partial charge in [-0.05, 0) is 13.8 Å². The molecule has 0 heterocycles. The quantitative estimate of drug-likeness (QED) is 0.354. The van der Waals surface area contributed by atoms with Crippen LogP contribution in [0.5, 0.6) is 0 Å². The normalized spacial score (nSPS) is 9.62. The van der Waals surface area contributed by atoms with Crippen LogP contribution >= 0.6 is 0 Å². The van der Waals surface area contributed by atoms with Gasteiger partial charge in [0, 0.05) is 31.6 Å². The molecule has 0 radical (unpaired) electrons. The maximum absolute atomic E-state index is 11.1. The Bertz CT molecular complexity index is 252. The molecule has 1 amide bonds. The van der Waals surface area contributed by atoms with Crippen LogP contribution in [0, 0.1) is 0 Å². The molecule has 92 valence electrons. The zero-order valence-corrected chi connectivity index (χ0v) is 9.97. The molecule has 0 aliphatic rings. The zero-order valence-electron chi connectivity index (χ0n) is 9.97. The molecule has 5 nitrogen and oxygen atoms in total. The number of carbonyl (C=O) groups is 2. The Morgan fingerprint density at radius 2 is 2.00 bits per heavy atom. The Labute approximate surface area is 96.2 Å². The number of nitrogens with one attached hydrogen (secondary N) is 2. The fourth-order valence-corrected chi connectivity index (χ4v) is 1.03. The molecule has 0 atom stereocenters. The topological polar surface area (TPSA) is 67.4 Å². The van der Waals surface area contributed by atoms with E-state index < -0.39 is 5.97 Å². The number of hydrogen-bond acceptors (Lipinski definition) is 4. The third-order valence-electron chi connectivity index (χ3n) is 1.81. The fraction of sp³-hybridized carbons (Fsp3) is 0.636. The van der Waals surface area contributed by atoms with E-state index in [2.05, 4.69) is 17.2 Å². The van der Waals surface area contributed by atoms with Crippen molar-refractivity contribution >= 4 is 11.9 Å². The monoisotopic (exact) mass is 228 g/mol. The van der Waals surface area contributed by atoms with E-state index in [0.717, 1.165) is 0 Å². The summed E-state index contributed by atoms with van der Waals surface area (Å²) in [7, 11) is 0. The van der Waals surface area contributed by atoms with Crippen LogP contribution in [0.4, 0.5) is 0 Å². The van der Waals surface area contributed by atoms with Gasteiger partial charge in [-0.3, -0.25) is 4.79 Å². The van der Waals surface area contributed by atoms with Crippen molar-refractivity contribution in [1.82, 2.24) is 10.6 Å². The summed E-state index contributed by atoms with van der Waals surface area (Å²) < 4.78 is 4.76. The minimum Gasteiger partial charge on any atom is -0.463 e. The lowest BCUT2D eigenvalue weighted by Crippen LogP contribution is -2.29. The van der Waals surface area contributed by atoms with E-state index >= 15 is 0 Å². The van der Waals surface area contributed by atoms with Crippen LogP contribution in [-0.2, 0) is 14.3 Å². The van der Waals surface area contributed by atoms with Gasteiger partial charge in [0.15, 0.2) is 0 Å². The summed E-state index contributed by atoms with van der Waals surface area (Å²) in [5.74, 6) is -0.398. The first kappa shape index (κ1) is 14.6. The van der Waals surface area contributed by atoms with Gasteiger partial charge in [-0.1, -0.05) is 6.58 Å². The summed E-state index contributed by atoms with van der Waals surface area (Å²) in [6.45, 7) is 9.04. The van der Waals surface area contributed by atoms with Gasteiger partial charge in [0.05, 0.1) is 6.61 Å². The lowest BCUT2D eigenvalue weighted by Gasteiger charge is -2.07. The van der Waals surface area contributed by atoms with Crippen LogP contribution in [0.2, 0.25) is 0 Å². The first-order chi connectivity index (χ1) is 7.61. The van der Waals surface area contributed by atoms with Crippen LogP contribution in [0.1, 0.15) is 20.3 Å². The number of carbonyl (C=O) groups excluding carboxylic acids is 2. The molecular formula is C11H20N2O3. The van der Waals surface area contributed by atoms with E-state index in [1.54, 1.807) is 6.92 Å². The van der Waals surface area contributed by atoms with Crippen LogP contribution in [0.3, 0.4) is 0 Å². The average Bonchev–Trinajstić information content (AvgIpc) is 2.24. The van der Waals surface area contributed by atoms with Crippen molar-refractivity contribution in [3.05, 3.63) is 12.2 Å². The van der Waals surface area contributed by atoms with Crippen LogP contribution in [-0.4, -0.2) is 38.1 Å². The minimum absolute atomic E-state index is 0.00301. The number of ether oxygens (including phenoxy) is 1. The third kappa shape index (κ3) is 7.00. The van der Waals surface area contributed by atoms with E-state index in [9.17, 15) is 9.59 Å². The maximum atomic E-state index is 11.1. The van der Waals surface area contributed by atoms with E-state index in [1.165, 1.54) is 0 Å². The van der Waals surface area contributed by atoms with E-state index in [1.807, 2.05) is 6.92 Å². The highest BCUT2D eigenvalue weighted by Crippen LogP contribution is 1.92. The molecule has 5 heteroatoms. The molecule has 0 aromatic carbocycles. The fourth-order valence-electron chi connectivity index (χ4n) is 1.03.